The molecule has 1 aromatic heterocycles. The Bertz CT molecular complexity index is 1050. The molecule has 212 valence electrons. The van der Waals surface area contributed by atoms with E-state index in [-0.39, 0.29) is 41.8 Å². The third-order valence-electron chi connectivity index (χ3n) is 7.78. The van der Waals surface area contributed by atoms with Gasteiger partial charge >= 0.3 is 12.1 Å². The lowest BCUT2D eigenvalue weighted by Gasteiger charge is -2.36. The van der Waals surface area contributed by atoms with Crippen molar-refractivity contribution in [3.8, 4) is 0 Å². The molecule has 38 heavy (non-hydrogen) atoms. The topological polar surface area (TPSA) is 89.6 Å². The number of aromatic amines is 1. The van der Waals surface area contributed by atoms with E-state index >= 15 is 0 Å². The first-order valence-corrected chi connectivity index (χ1v) is 14.2. The quantitative estimate of drug-likeness (QED) is 0.233. The van der Waals surface area contributed by atoms with Gasteiger partial charge in [-0.25, -0.2) is 4.79 Å². The van der Waals surface area contributed by atoms with E-state index in [2.05, 4.69) is 48.4 Å². The van der Waals surface area contributed by atoms with Gasteiger partial charge in [-0.1, -0.05) is 39.8 Å². The summed E-state index contributed by atoms with van der Waals surface area (Å²) >= 11 is 0. The van der Waals surface area contributed by atoms with E-state index < -0.39 is 11.7 Å². The predicted octanol–water partition coefficient (Wildman–Crippen LogP) is 6.82. The van der Waals surface area contributed by atoms with Crippen LogP contribution in [-0.4, -0.2) is 48.5 Å². The van der Waals surface area contributed by atoms with Crippen molar-refractivity contribution in [3.05, 3.63) is 36.0 Å². The molecule has 1 aromatic carbocycles. The lowest BCUT2D eigenvalue weighted by Crippen LogP contribution is -2.47. The number of aromatic nitrogens is 1. The number of carbonyl (C=O) groups is 2. The van der Waals surface area contributed by atoms with Gasteiger partial charge in [0.2, 0.25) is 0 Å². The maximum Gasteiger partial charge on any atom is 0.408 e. The smallest absolute Gasteiger partial charge is 0.408 e. The number of methoxy groups -OCH3 is 1. The molecule has 3 rings (SSSR count). The largest absolute Gasteiger partial charge is 0.460 e. The Morgan fingerprint density at radius 1 is 1.18 bits per heavy atom. The van der Waals surface area contributed by atoms with Gasteiger partial charge in [0.1, 0.15) is 11.7 Å². The SMILES string of the molecule is COCCCC(c1ccc2cc[nH]c2c1)[C@@H](C[C@H](NC(=O)OC(C)(C)C)C1CC(C(C)C)C(=O)O1)C(C)C. The highest BCUT2D eigenvalue weighted by Gasteiger charge is 2.43. The fourth-order valence-corrected chi connectivity index (χ4v) is 5.75. The second-order valence-electron chi connectivity index (χ2n) is 12.5. The van der Waals surface area contributed by atoms with Crippen LogP contribution in [-0.2, 0) is 19.0 Å². The maximum atomic E-state index is 12.9. The molecule has 2 heterocycles. The average molecular weight is 529 g/mol. The number of esters is 1. The molecule has 0 radical (unpaired) electrons. The van der Waals surface area contributed by atoms with Crippen LogP contribution in [0.5, 0.6) is 0 Å². The number of benzene rings is 1. The molecular weight excluding hydrogens is 480 g/mol. The summed E-state index contributed by atoms with van der Waals surface area (Å²) in [6, 6.07) is 8.39. The Balaban J connectivity index is 1.93. The van der Waals surface area contributed by atoms with Crippen molar-refractivity contribution < 1.29 is 23.8 Å². The zero-order chi connectivity index (χ0) is 28.0. The number of nitrogens with one attached hydrogen (secondary N) is 2. The highest BCUT2D eigenvalue weighted by molar-refractivity contribution is 5.80. The number of cyclic esters (lactones) is 1. The van der Waals surface area contributed by atoms with E-state index in [1.54, 1.807) is 7.11 Å². The summed E-state index contributed by atoms with van der Waals surface area (Å²) in [6.07, 6.45) is 4.29. The summed E-state index contributed by atoms with van der Waals surface area (Å²) in [7, 11) is 1.74. The van der Waals surface area contributed by atoms with Crippen molar-refractivity contribution in [3.63, 3.8) is 0 Å². The first-order valence-electron chi connectivity index (χ1n) is 14.2. The normalized spacial score (nSPS) is 20.5. The molecule has 1 fully saturated rings. The lowest BCUT2D eigenvalue weighted by atomic mass is 9.73. The number of H-pyrrole nitrogens is 1. The monoisotopic (exact) mass is 528 g/mol. The van der Waals surface area contributed by atoms with Crippen LogP contribution < -0.4 is 5.32 Å². The number of hydrogen-bond acceptors (Lipinski definition) is 5. The minimum absolute atomic E-state index is 0.159. The maximum absolute atomic E-state index is 12.9. The Hall–Kier alpha value is -2.54. The van der Waals surface area contributed by atoms with Crippen LogP contribution in [0.15, 0.2) is 30.5 Å². The van der Waals surface area contributed by atoms with Crippen molar-refractivity contribution in [1.29, 1.82) is 0 Å². The van der Waals surface area contributed by atoms with Gasteiger partial charge in [0.25, 0.3) is 0 Å². The molecule has 2 N–H and O–H groups in total. The summed E-state index contributed by atoms with van der Waals surface area (Å²) in [5, 5.41) is 4.30. The van der Waals surface area contributed by atoms with Crippen LogP contribution in [0, 0.1) is 23.7 Å². The van der Waals surface area contributed by atoms with E-state index in [0.29, 0.717) is 25.4 Å². The molecule has 0 bridgehead atoms. The van der Waals surface area contributed by atoms with Gasteiger partial charge in [-0.05, 0) is 93.2 Å². The molecular formula is C31H48N2O5. The fraction of sp³-hybridized carbons (Fsp3) is 0.677. The zero-order valence-corrected chi connectivity index (χ0v) is 24.5. The zero-order valence-electron chi connectivity index (χ0n) is 24.5. The van der Waals surface area contributed by atoms with Gasteiger partial charge in [0, 0.05) is 25.4 Å². The Morgan fingerprint density at radius 2 is 1.92 bits per heavy atom. The number of ether oxygens (including phenoxy) is 3. The lowest BCUT2D eigenvalue weighted by molar-refractivity contribution is -0.146. The molecule has 0 saturated carbocycles. The van der Waals surface area contributed by atoms with Gasteiger partial charge in [-0.2, -0.15) is 0 Å². The number of hydrogen-bond donors (Lipinski definition) is 2. The van der Waals surface area contributed by atoms with Crippen LogP contribution in [0.25, 0.3) is 10.9 Å². The average Bonchev–Trinajstić information content (AvgIpc) is 3.44. The number of carbonyl (C=O) groups excluding carboxylic acids is 2. The van der Waals surface area contributed by atoms with Crippen molar-refractivity contribution in [2.45, 2.75) is 97.8 Å². The minimum Gasteiger partial charge on any atom is -0.460 e. The van der Waals surface area contributed by atoms with Crippen molar-refractivity contribution >= 4 is 23.0 Å². The number of fused-ring (bicyclic) bond motifs is 1. The minimum atomic E-state index is -0.618. The summed E-state index contributed by atoms with van der Waals surface area (Å²) in [6.45, 7) is 14.8. The first-order chi connectivity index (χ1) is 17.9. The highest BCUT2D eigenvalue weighted by atomic mass is 16.6. The van der Waals surface area contributed by atoms with Crippen molar-refractivity contribution in [2.75, 3.05) is 13.7 Å². The number of amides is 1. The van der Waals surface area contributed by atoms with Crippen molar-refractivity contribution in [1.82, 2.24) is 10.3 Å². The number of alkyl carbamates (subject to hydrolysis) is 1. The third-order valence-corrected chi connectivity index (χ3v) is 7.78. The second kappa shape index (κ2) is 13.0. The Kier molecular flexibility index (Phi) is 10.3. The number of rotatable bonds is 12. The molecule has 7 nitrogen and oxygen atoms in total. The van der Waals surface area contributed by atoms with Gasteiger partial charge in [0.05, 0.1) is 12.0 Å². The third kappa shape index (κ3) is 7.98. The summed E-state index contributed by atoms with van der Waals surface area (Å²) in [5.41, 5.74) is 1.77. The van der Waals surface area contributed by atoms with Crippen LogP contribution in [0.3, 0.4) is 0 Å². The van der Waals surface area contributed by atoms with E-state index in [1.807, 2.05) is 40.8 Å². The van der Waals surface area contributed by atoms with E-state index in [1.165, 1.54) is 10.9 Å². The standard InChI is InChI=1S/C31H48N2O5/c1-19(2)24(23(10-9-15-36-8)22-12-11-21-13-14-32-26(21)16-22)17-27(33-30(35)38-31(5,6)7)28-18-25(20(3)4)29(34)37-28/h11-14,16,19-20,23-25,27-28,32H,9-10,15,17-18H2,1-8H3,(H,33,35)/t23?,24-,25?,27-,28?/m0/s1. The molecule has 2 aromatic rings. The van der Waals surface area contributed by atoms with Crippen LogP contribution >= 0.6 is 0 Å². The molecule has 1 aliphatic heterocycles. The van der Waals surface area contributed by atoms with Gasteiger partial charge in [-0.3, -0.25) is 4.79 Å². The summed E-state index contributed by atoms with van der Waals surface area (Å²) in [4.78, 5) is 29.0. The van der Waals surface area contributed by atoms with Crippen LogP contribution in [0.4, 0.5) is 4.79 Å². The second-order valence-corrected chi connectivity index (χ2v) is 12.5. The van der Waals surface area contributed by atoms with Gasteiger partial charge < -0.3 is 24.5 Å². The van der Waals surface area contributed by atoms with Crippen LogP contribution in [0.1, 0.15) is 85.6 Å². The molecule has 1 amide bonds. The van der Waals surface area contributed by atoms with E-state index in [4.69, 9.17) is 14.2 Å². The molecule has 1 saturated heterocycles. The highest BCUT2D eigenvalue weighted by Crippen LogP contribution is 2.40. The van der Waals surface area contributed by atoms with Crippen molar-refractivity contribution in [2.24, 2.45) is 23.7 Å². The molecule has 3 unspecified atom stereocenters. The van der Waals surface area contributed by atoms with Crippen LogP contribution in [0.2, 0.25) is 0 Å². The fourth-order valence-electron chi connectivity index (χ4n) is 5.75. The predicted molar refractivity (Wildman–Crippen MR) is 151 cm³/mol. The summed E-state index contributed by atoms with van der Waals surface area (Å²) in [5.74, 6) is 0.673. The van der Waals surface area contributed by atoms with E-state index in [0.717, 1.165) is 18.4 Å². The molecule has 1 aliphatic rings. The molecule has 5 atom stereocenters. The van der Waals surface area contributed by atoms with Gasteiger partial charge in [0.15, 0.2) is 0 Å². The van der Waals surface area contributed by atoms with E-state index in [9.17, 15) is 9.59 Å². The summed E-state index contributed by atoms with van der Waals surface area (Å²) < 4.78 is 16.9. The first kappa shape index (κ1) is 30.0. The Labute approximate surface area is 228 Å². The molecule has 7 heteroatoms. The van der Waals surface area contributed by atoms with Gasteiger partial charge in [-0.15, -0.1) is 0 Å². The molecule has 0 aliphatic carbocycles. The molecule has 0 spiro atoms. The Morgan fingerprint density at radius 3 is 2.53 bits per heavy atom.